The first kappa shape index (κ1) is 8.70. The average molecular weight is 236 g/mol. The minimum atomic E-state index is 1.04. The molecule has 0 atom stereocenters. The highest BCUT2D eigenvalue weighted by atomic mass is 79.9. The number of para-hydroxylation sites is 1. The second-order valence-electron chi connectivity index (χ2n) is 3.20. The van der Waals surface area contributed by atoms with E-state index in [1.807, 2.05) is 6.92 Å². The maximum atomic E-state index is 4.53. The van der Waals surface area contributed by atoms with Gasteiger partial charge in [-0.1, -0.05) is 18.2 Å². The zero-order valence-corrected chi connectivity index (χ0v) is 9.22. The van der Waals surface area contributed by atoms with Crippen LogP contribution < -0.4 is 0 Å². The SMILES string of the molecule is Cc1nc2c(C)cccc2cc1Br. The molecule has 0 aliphatic carbocycles. The van der Waals surface area contributed by atoms with Crippen LogP contribution >= 0.6 is 15.9 Å². The number of aromatic nitrogens is 1. The maximum absolute atomic E-state index is 4.53. The van der Waals surface area contributed by atoms with Crippen molar-refractivity contribution in [3.8, 4) is 0 Å². The smallest absolute Gasteiger partial charge is 0.0735 e. The lowest BCUT2D eigenvalue weighted by Crippen LogP contribution is -1.87. The number of nitrogens with zero attached hydrogens (tertiary/aromatic N) is 1. The van der Waals surface area contributed by atoms with E-state index in [-0.39, 0.29) is 0 Å². The van der Waals surface area contributed by atoms with E-state index in [2.05, 4.69) is 52.1 Å². The van der Waals surface area contributed by atoms with E-state index in [0.29, 0.717) is 0 Å². The first-order chi connectivity index (χ1) is 6.18. The van der Waals surface area contributed by atoms with Crippen molar-refractivity contribution >= 4 is 26.8 Å². The predicted molar refractivity (Wildman–Crippen MR) is 58.9 cm³/mol. The molecular weight excluding hydrogens is 226 g/mol. The van der Waals surface area contributed by atoms with Gasteiger partial charge in [-0.2, -0.15) is 0 Å². The Labute approximate surface area is 85.9 Å². The van der Waals surface area contributed by atoms with Gasteiger partial charge in [-0.3, -0.25) is 4.98 Å². The number of fused-ring (bicyclic) bond motifs is 1. The minimum Gasteiger partial charge on any atom is -0.252 e. The molecule has 0 spiro atoms. The van der Waals surface area contributed by atoms with Crippen molar-refractivity contribution in [2.45, 2.75) is 13.8 Å². The Morgan fingerprint density at radius 3 is 2.77 bits per heavy atom. The Morgan fingerprint density at radius 1 is 1.23 bits per heavy atom. The number of aryl methyl sites for hydroxylation is 2. The summed E-state index contributed by atoms with van der Waals surface area (Å²) in [6.45, 7) is 4.10. The number of hydrogen-bond acceptors (Lipinski definition) is 1. The predicted octanol–water partition coefficient (Wildman–Crippen LogP) is 3.61. The van der Waals surface area contributed by atoms with Crippen LogP contribution in [0.15, 0.2) is 28.7 Å². The normalized spacial score (nSPS) is 10.7. The third kappa shape index (κ3) is 1.46. The molecule has 2 aromatic rings. The number of benzene rings is 1. The van der Waals surface area contributed by atoms with Crippen LogP contribution in [0.3, 0.4) is 0 Å². The monoisotopic (exact) mass is 235 g/mol. The van der Waals surface area contributed by atoms with Crippen molar-refractivity contribution in [3.63, 3.8) is 0 Å². The zero-order valence-electron chi connectivity index (χ0n) is 7.63. The molecule has 0 N–H and O–H groups in total. The Balaban J connectivity index is 2.89. The molecule has 0 fully saturated rings. The number of halogens is 1. The number of rotatable bonds is 0. The summed E-state index contributed by atoms with van der Waals surface area (Å²) in [5, 5.41) is 1.19. The summed E-state index contributed by atoms with van der Waals surface area (Å²) < 4.78 is 1.07. The Hall–Kier alpha value is -0.890. The lowest BCUT2D eigenvalue weighted by molar-refractivity contribution is 1.22. The molecule has 1 aromatic carbocycles. The van der Waals surface area contributed by atoms with Crippen LogP contribution in [0.25, 0.3) is 10.9 Å². The largest absolute Gasteiger partial charge is 0.252 e. The summed E-state index contributed by atoms with van der Waals surface area (Å²) in [5.74, 6) is 0. The molecule has 0 saturated heterocycles. The molecule has 2 rings (SSSR count). The van der Waals surface area contributed by atoms with Crippen LogP contribution in [0.2, 0.25) is 0 Å². The Morgan fingerprint density at radius 2 is 2.00 bits per heavy atom. The summed E-state index contributed by atoms with van der Waals surface area (Å²) in [4.78, 5) is 4.53. The van der Waals surface area contributed by atoms with Crippen molar-refractivity contribution in [1.29, 1.82) is 0 Å². The molecule has 0 saturated carbocycles. The molecule has 0 amide bonds. The summed E-state index contributed by atoms with van der Waals surface area (Å²) in [5.41, 5.74) is 3.37. The quantitative estimate of drug-likeness (QED) is 0.680. The molecule has 1 nitrogen and oxygen atoms in total. The molecule has 0 aliphatic heterocycles. The molecular formula is C11H10BrN. The van der Waals surface area contributed by atoms with Gasteiger partial charge in [-0.25, -0.2) is 0 Å². The van der Waals surface area contributed by atoms with E-state index in [1.165, 1.54) is 10.9 Å². The second-order valence-corrected chi connectivity index (χ2v) is 4.06. The van der Waals surface area contributed by atoms with Gasteiger partial charge < -0.3 is 0 Å². The Bertz CT molecular complexity index is 463. The highest BCUT2D eigenvalue weighted by Gasteiger charge is 2.01. The molecule has 0 bridgehead atoms. The zero-order chi connectivity index (χ0) is 9.42. The van der Waals surface area contributed by atoms with Crippen molar-refractivity contribution in [3.05, 3.63) is 40.0 Å². The van der Waals surface area contributed by atoms with Crippen LogP contribution in [-0.2, 0) is 0 Å². The van der Waals surface area contributed by atoms with Gasteiger partial charge in [0, 0.05) is 9.86 Å². The standard InChI is InChI=1S/C11H10BrN/c1-7-4-3-5-9-6-10(12)8(2)13-11(7)9/h3-6H,1-2H3. The molecule has 66 valence electrons. The summed E-state index contributed by atoms with van der Waals surface area (Å²) in [7, 11) is 0. The third-order valence-corrected chi connectivity index (χ3v) is 2.98. The van der Waals surface area contributed by atoms with E-state index in [4.69, 9.17) is 0 Å². The fraction of sp³-hybridized carbons (Fsp3) is 0.182. The first-order valence-corrected chi connectivity index (χ1v) is 5.00. The topological polar surface area (TPSA) is 12.9 Å². The van der Waals surface area contributed by atoms with E-state index in [9.17, 15) is 0 Å². The van der Waals surface area contributed by atoms with Crippen LogP contribution in [-0.4, -0.2) is 4.98 Å². The average Bonchev–Trinajstić information content (AvgIpc) is 2.09. The maximum Gasteiger partial charge on any atom is 0.0735 e. The summed E-state index contributed by atoms with van der Waals surface area (Å²) >= 11 is 3.48. The van der Waals surface area contributed by atoms with Crippen LogP contribution in [0.4, 0.5) is 0 Å². The van der Waals surface area contributed by atoms with Crippen molar-refractivity contribution in [2.24, 2.45) is 0 Å². The van der Waals surface area contributed by atoms with Gasteiger partial charge >= 0.3 is 0 Å². The molecule has 2 heteroatoms. The lowest BCUT2D eigenvalue weighted by Gasteiger charge is -2.03. The van der Waals surface area contributed by atoms with Gasteiger partial charge in [0.2, 0.25) is 0 Å². The lowest BCUT2D eigenvalue weighted by atomic mass is 10.1. The molecule has 13 heavy (non-hydrogen) atoms. The van der Waals surface area contributed by atoms with Crippen LogP contribution in [0.1, 0.15) is 11.3 Å². The Kier molecular flexibility index (Phi) is 2.08. The van der Waals surface area contributed by atoms with E-state index in [0.717, 1.165) is 15.7 Å². The van der Waals surface area contributed by atoms with Gasteiger partial charge in [-0.15, -0.1) is 0 Å². The van der Waals surface area contributed by atoms with Gasteiger partial charge in [-0.05, 0) is 41.4 Å². The molecule has 1 heterocycles. The fourth-order valence-corrected chi connectivity index (χ4v) is 1.75. The molecule has 0 unspecified atom stereocenters. The van der Waals surface area contributed by atoms with E-state index >= 15 is 0 Å². The molecule has 1 aromatic heterocycles. The highest BCUT2D eigenvalue weighted by molar-refractivity contribution is 9.10. The highest BCUT2D eigenvalue weighted by Crippen LogP contribution is 2.22. The van der Waals surface area contributed by atoms with E-state index < -0.39 is 0 Å². The molecule has 0 radical (unpaired) electrons. The number of pyridine rings is 1. The van der Waals surface area contributed by atoms with Crippen LogP contribution in [0, 0.1) is 13.8 Å². The summed E-state index contributed by atoms with van der Waals surface area (Å²) in [6, 6.07) is 8.34. The second kappa shape index (κ2) is 3.11. The van der Waals surface area contributed by atoms with Crippen molar-refractivity contribution in [1.82, 2.24) is 4.98 Å². The van der Waals surface area contributed by atoms with Gasteiger partial charge in [0.25, 0.3) is 0 Å². The number of hydrogen-bond donors (Lipinski definition) is 0. The van der Waals surface area contributed by atoms with E-state index in [1.54, 1.807) is 0 Å². The van der Waals surface area contributed by atoms with Gasteiger partial charge in [0.1, 0.15) is 0 Å². The van der Waals surface area contributed by atoms with Crippen molar-refractivity contribution in [2.75, 3.05) is 0 Å². The third-order valence-electron chi connectivity index (χ3n) is 2.18. The summed E-state index contributed by atoms with van der Waals surface area (Å²) in [6.07, 6.45) is 0. The minimum absolute atomic E-state index is 1.04. The van der Waals surface area contributed by atoms with Gasteiger partial charge in [0.05, 0.1) is 11.2 Å². The van der Waals surface area contributed by atoms with Crippen LogP contribution in [0.5, 0.6) is 0 Å². The molecule has 0 aliphatic rings. The fourth-order valence-electron chi connectivity index (χ4n) is 1.41. The first-order valence-electron chi connectivity index (χ1n) is 4.21. The van der Waals surface area contributed by atoms with Crippen molar-refractivity contribution < 1.29 is 0 Å². The van der Waals surface area contributed by atoms with Gasteiger partial charge in [0.15, 0.2) is 0 Å².